The molecule has 0 spiro atoms. The zero-order chi connectivity index (χ0) is 24.0. The van der Waals surface area contributed by atoms with Gasteiger partial charge in [0.2, 0.25) is 0 Å². The summed E-state index contributed by atoms with van der Waals surface area (Å²) >= 11 is 2.87. The van der Waals surface area contributed by atoms with Crippen molar-refractivity contribution >= 4 is 29.1 Å². The van der Waals surface area contributed by atoms with Crippen LogP contribution in [0.5, 0.6) is 10.9 Å². The predicted octanol–water partition coefficient (Wildman–Crippen LogP) is 6.69. The Labute approximate surface area is 207 Å². The maximum Gasteiger partial charge on any atom is 0.319 e. The van der Waals surface area contributed by atoms with Crippen LogP contribution in [-0.4, -0.2) is 25.7 Å². The summed E-state index contributed by atoms with van der Waals surface area (Å²) in [6.07, 6.45) is 3.54. The zero-order valence-electron chi connectivity index (χ0n) is 19.0. The first-order valence-electron chi connectivity index (χ1n) is 10.8. The fraction of sp³-hybridized carbons (Fsp3) is 0.231. The van der Waals surface area contributed by atoms with Crippen LogP contribution in [-0.2, 0) is 24.4 Å². The van der Waals surface area contributed by atoms with Crippen molar-refractivity contribution in [3.05, 3.63) is 95.4 Å². The highest BCUT2D eigenvalue weighted by Gasteiger charge is 2.28. The number of aromatic nitrogens is 1. The van der Waals surface area contributed by atoms with E-state index in [9.17, 15) is 9.90 Å². The Morgan fingerprint density at radius 1 is 1.06 bits per heavy atom. The van der Waals surface area contributed by atoms with Gasteiger partial charge in [-0.2, -0.15) is 0 Å². The van der Waals surface area contributed by atoms with Gasteiger partial charge >= 0.3 is 5.97 Å². The average molecular weight is 495 g/mol. The van der Waals surface area contributed by atoms with Crippen LogP contribution in [0.15, 0.2) is 88.5 Å². The average Bonchev–Trinajstić information content (AvgIpc) is 3.48. The van der Waals surface area contributed by atoms with Crippen LogP contribution in [0.1, 0.15) is 30.0 Å². The molecule has 0 aliphatic rings. The highest BCUT2D eigenvalue weighted by atomic mass is 32.2. The third-order valence-corrected chi connectivity index (χ3v) is 7.09. The molecule has 0 unspecified atom stereocenters. The lowest BCUT2D eigenvalue weighted by Gasteiger charge is -2.21. The fourth-order valence-corrected chi connectivity index (χ4v) is 5.04. The monoisotopic (exact) mass is 494 g/mol. The van der Waals surface area contributed by atoms with Gasteiger partial charge < -0.3 is 14.3 Å². The number of hydrogen-bond acceptors (Lipinski definition) is 7. The first-order valence-corrected chi connectivity index (χ1v) is 12.4. The van der Waals surface area contributed by atoms with Gasteiger partial charge in [0.15, 0.2) is 0 Å². The first kappa shape index (κ1) is 24.1. The van der Waals surface area contributed by atoms with Crippen LogP contribution in [0.25, 0.3) is 0 Å². The van der Waals surface area contributed by atoms with E-state index in [1.807, 2.05) is 72.9 Å². The molecule has 0 aliphatic heterocycles. The lowest BCUT2D eigenvalue weighted by atomic mass is 10.2. The molecule has 176 valence electrons. The number of rotatable bonds is 11. The van der Waals surface area contributed by atoms with Crippen molar-refractivity contribution < 1.29 is 19.1 Å². The van der Waals surface area contributed by atoms with Crippen molar-refractivity contribution in [3.8, 4) is 10.9 Å². The zero-order valence-corrected chi connectivity index (χ0v) is 20.6. The van der Waals surface area contributed by atoms with E-state index in [0.29, 0.717) is 24.8 Å². The van der Waals surface area contributed by atoms with Gasteiger partial charge in [-0.3, -0.25) is 9.69 Å². The van der Waals surface area contributed by atoms with Crippen molar-refractivity contribution in [2.75, 3.05) is 0 Å². The van der Waals surface area contributed by atoms with E-state index in [1.165, 1.54) is 23.1 Å². The number of carboxylic acids is 1. The number of ether oxygens (including phenoxy) is 1. The lowest BCUT2D eigenvalue weighted by molar-refractivity contribution is -0.138. The highest BCUT2D eigenvalue weighted by Crippen LogP contribution is 2.33. The Morgan fingerprint density at radius 2 is 1.82 bits per heavy atom. The van der Waals surface area contributed by atoms with E-state index in [0.717, 1.165) is 26.8 Å². The van der Waals surface area contributed by atoms with Crippen LogP contribution in [0.3, 0.4) is 0 Å². The molecule has 4 aromatic rings. The van der Waals surface area contributed by atoms with E-state index >= 15 is 0 Å². The van der Waals surface area contributed by atoms with Crippen LogP contribution >= 0.6 is 23.1 Å². The molecule has 0 fully saturated rings. The maximum absolute atomic E-state index is 11.4. The summed E-state index contributed by atoms with van der Waals surface area (Å²) in [6.45, 7) is 5.48. The SMILES string of the molecule is CC(C)(Sc1ccc(CN(Cc2ccco2)Cc2cnc(Oc3ccccc3)s2)cc1)C(=O)O. The van der Waals surface area contributed by atoms with Gasteiger partial charge in [-0.1, -0.05) is 41.7 Å². The second-order valence-corrected chi connectivity index (χ2v) is 11.1. The second kappa shape index (κ2) is 10.9. The van der Waals surface area contributed by atoms with Crippen molar-refractivity contribution in [3.63, 3.8) is 0 Å². The normalized spacial score (nSPS) is 11.6. The molecule has 2 heterocycles. The number of carbonyl (C=O) groups is 1. The van der Waals surface area contributed by atoms with Gasteiger partial charge in [0.05, 0.1) is 12.8 Å². The molecule has 8 heteroatoms. The largest absolute Gasteiger partial charge is 0.480 e. The molecule has 6 nitrogen and oxygen atoms in total. The smallest absolute Gasteiger partial charge is 0.319 e. The van der Waals surface area contributed by atoms with Crippen LogP contribution in [0.2, 0.25) is 0 Å². The highest BCUT2D eigenvalue weighted by molar-refractivity contribution is 8.01. The molecule has 0 saturated heterocycles. The second-order valence-electron chi connectivity index (χ2n) is 8.29. The fourth-order valence-electron chi connectivity index (χ4n) is 3.27. The predicted molar refractivity (Wildman–Crippen MR) is 134 cm³/mol. The minimum Gasteiger partial charge on any atom is -0.480 e. The molecule has 34 heavy (non-hydrogen) atoms. The van der Waals surface area contributed by atoms with Gasteiger partial charge in [0, 0.05) is 29.1 Å². The quantitative estimate of drug-likeness (QED) is 0.233. The Hall–Kier alpha value is -3.07. The molecule has 0 amide bonds. The molecule has 0 aliphatic carbocycles. The van der Waals surface area contributed by atoms with Crippen molar-refractivity contribution in [2.24, 2.45) is 0 Å². The molecule has 4 rings (SSSR count). The summed E-state index contributed by atoms with van der Waals surface area (Å²) in [5, 5.41) is 9.99. The number of hydrogen-bond donors (Lipinski definition) is 1. The van der Waals surface area contributed by atoms with Gasteiger partial charge in [0.1, 0.15) is 16.3 Å². The molecule has 0 atom stereocenters. The summed E-state index contributed by atoms with van der Waals surface area (Å²) in [5.74, 6) is 0.826. The summed E-state index contributed by atoms with van der Waals surface area (Å²) in [4.78, 5) is 20.1. The number of nitrogens with zero attached hydrogens (tertiary/aromatic N) is 2. The molecule has 2 aromatic carbocycles. The summed E-state index contributed by atoms with van der Waals surface area (Å²) in [7, 11) is 0. The summed E-state index contributed by atoms with van der Waals surface area (Å²) in [6, 6.07) is 21.5. The molecular formula is C26H26N2O4S2. The Morgan fingerprint density at radius 3 is 2.50 bits per heavy atom. The summed E-state index contributed by atoms with van der Waals surface area (Å²) in [5.41, 5.74) is 1.13. The number of para-hydroxylation sites is 1. The molecule has 0 radical (unpaired) electrons. The standard InChI is InChI=1S/C26H26N2O4S2/c1-26(2,24(29)30)34-22-12-10-19(11-13-22)16-28(17-21-9-6-14-31-21)18-23-15-27-25(33-23)32-20-7-4-3-5-8-20/h3-15H,16-18H2,1-2H3,(H,29,30). The Kier molecular flexibility index (Phi) is 7.72. The molecular weight excluding hydrogens is 468 g/mol. The van der Waals surface area contributed by atoms with E-state index in [4.69, 9.17) is 9.15 Å². The van der Waals surface area contributed by atoms with E-state index in [2.05, 4.69) is 9.88 Å². The minimum atomic E-state index is -0.876. The third kappa shape index (κ3) is 6.72. The lowest BCUT2D eigenvalue weighted by Crippen LogP contribution is -2.26. The Bertz CT molecular complexity index is 1190. The topological polar surface area (TPSA) is 75.8 Å². The maximum atomic E-state index is 11.4. The number of furan rings is 1. The third-order valence-electron chi connectivity index (χ3n) is 5.04. The number of carboxylic acid groups (broad SMARTS) is 1. The van der Waals surface area contributed by atoms with Gasteiger partial charge in [0.25, 0.3) is 5.19 Å². The summed E-state index contributed by atoms with van der Waals surface area (Å²) < 4.78 is 10.6. The minimum absolute atomic E-state index is 0.613. The van der Waals surface area contributed by atoms with Crippen molar-refractivity contribution in [1.82, 2.24) is 9.88 Å². The number of benzene rings is 2. The van der Waals surface area contributed by atoms with Crippen molar-refractivity contribution in [2.45, 2.75) is 43.1 Å². The van der Waals surface area contributed by atoms with E-state index in [1.54, 1.807) is 20.1 Å². The van der Waals surface area contributed by atoms with Crippen LogP contribution in [0.4, 0.5) is 0 Å². The molecule has 0 saturated carbocycles. The van der Waals surface area contributed by atoms with Gasteiger partial charge in [-0.05, 0) is 55.8 Å². The first-order chi connectivity index (χ1) is 16.4. The number of thiazole rings is 1. The van der Waals surface area contributed by atoms with Gasteiger partial charge in [-0.25, -0.2) is 4.98 Å². The van der Waals surface area contributed by atoms with E-state index < -0.39 is 10.7 Å². The van der Waals surface area contributed by atoms with Crippen LogP contribution < -0.4 is 4.74 Å². The number of aliphatic carboxylic acids is 1. The molecule has 1 N–H and O–H groups in total. The van der Waals surface area contributed by atoms with Crippen LogP contribution in [0, 0.1) is 0 Å². The number of thioether (sulfide) groups is 1. The molecule has 2 aromatic heterocycles. The molecule has 0 bridgehead atoms. The van der Waals surface area contributed by atoms with E-state index in [-0.39, 0.29) is 0 Å². The Balaban J connectivity index is 1.44. The van der Waals surface area contributed by atoms with Gasteiger partial charge in [-0.15, -0.1) is 11.8 Å². The van der Waals surface area contributed by atoms with Crippen molar-refractivity contribution in [1.29, 1.82) is 0 Å².